The molecular formula is C25H31N5O9. The van der Waals surface area contributed by atoms with Crippen molar-refractivity contribution >= 4 is 52.2 Å². The van der Waals surface area contributed by atoms with E-state index in [0.29, 0.717) is 16.7 Å². The predicted molar refractivity (Wildman–Crippen MR) is 138 cm³/mol. The summed E-state index contributed by atoms with van der Waals surface area (Å²) < 4.78 is 5.15. The highest BCUT2D eigenvalue weighted by Gasteiger charge is 2.26. The molecular weight excluding hydrogens is 514 g/mol. The molecule has 14 heteroatoms. The summed E-state index contributed by atoms with van der Waals surface area (Å²) in [6.07, 6.45) is -0.681. The van der Waals surface area contributed by atoms with E-state index in [-0.39, 0.29) is 0 Å². The normalized spacial score (nSPS) is 12.2. The third-order valence-electron chi connectivity index (χ3n) is 5.42. The van der Waals surface area contributed by atoms with Gasteiger partial charge >= 0.3 is 11.6 Å². The first-order valence-electron chi connectivity index (χ1n) is 11.9. The lowest BCUT2D eigenvalue weighted by Crippen LogP contribution is -2.54. The molecule has 1 heterocycles. The Balaban J connectivity index is 1.91. The van der Waals surface area contributed by atoms with Crippen molar-refractivity contribution in [3.8, 4) is 0 Å². The Morgan fingerprint density at radius 3 is 2.18 bits per heavy atom. The number of carbonyl (C=O) groups is 6. The van der Waals surface area contributed by atoms with Crippen molar-refractivity contribution in [2.75, 3.05) is 18.4 Å². The molecule has 6 N–H and O–H groups in total. The molecule has 2 rings (SSSR count). The zero-order valence-electron chi connectivity index (χ0n) is 21.9. The number of hydrogen-bond acceptors (Lipinski definition) is 8. The van der Waals surface area contributed by atoms with Gasteiger partial charge in [-0.1, -0.05) is 13.8 Å². The molecule has 39 heavy (non-hydrogen) atoms. The van der Waals surface area contributed by atoms with Crippen LogP contribution in [-0.2, 0) is 28.8 Å². The van der Waals surface area contributed by atoms with Gasteiger partial charge in [0, 0.05) is 30.1 Å². The first kappa shape index (κ1) is 30.5. The van der Waals surface area contributed by atoms with Gasteiger partial charge in [-0.05, 0) is 30.5 Å². The molecule has 0 fully saturated rings. The Morgan fingerprint density at radius 1 is 0.923 bits per heavy atom. The summed E-state index contributed by atoms with van der Waals surface area (Å²) in [5.41, 5.74) is 0.841. The Bertz CT molecular complexity index is 1320. The minimum Gasteiger partial charge on any atom is -0.481 e. The monoisotopic (exact) mass is 545 g/mol. The minimum absolute atomic E-state index is 0.294. The van der Waals surface area contributed by atoms with Crippen LogP contribution in [0.2, 0.25) is 0 Å². The van der Waals surface area contributed by atoms with Crippen LogP contribution >= 0.6 is 0 Å². The number of rotatable bonds is 12. The van der Waals surface area contributed by atoms with E-state index in [2.05, 4.69) is 26.6 Å². The average Bonchev–Trinajstić information content (AvgIpc) is 2.82. The molecule has 5 amide bonds. The second kappa shape index (κ2) is 13.7. The average molecular weight is 546 g/mol. The van der Waals surface area contributed by atoms with E-state index in [4.69, 9.17) is 9.52 Å². The van der Waals surface area contributed by atoms with Gasteiger partial charge < -0.3 is 36.1 Å². The first-order chi connectivity index (χ1) is 18.3. The van der Waals surface area contributed by atoms with E-state index >= 15 is 0 Å². The SMILES string of the molecule is CC(=O)N[C@@H](CC(=O)O)C(=O)NCC(=O)NC(C(=O)NCC(=O)Nc1ccc2c(C)cc(=O)oc2c1)C(C)C. The van der Waals surface area contributed by atoms with E-state index in [1.54, 1.807) is 32.9 Å². The number of carbonyl (C=O) groups excluding carboxylic acids is 5. The van der Waals surface area contributed by atoms with Crippen molar-refractivity contribution in [2.45, 2.75) is 46.2 Å². The van der Waals surface area contributed by atoms with Crippen molar-refractivity contribution in [1.82, 2.24) is 21.3 Å². The third-order valence-corrected chi connectivity index (χ3v) is 5.42. The Kier molecular flexibility index (Phi) is 10.7. The van der Waals surface area contributed by atoms with E-state index in [1.165, 1.54) is 12.1 Å². The number of hydrogen-bond donors (Lipinski definition) is 6. The summed E-state index contributed by atoms with van der Waals surface area (Å²) in [7, 11) is 0. The fourth-order valence-electron chi connectivity index (χ4n) is 3.56. The van der Waals surface area contributed by atoms with Gasteiger partial charge in [0.25, 0.3) is 0 Å². The van der Waals surface area contributed by atoms with Crippen LogP contribution in [0.1, 0.15) is 32.8 Å². The maximum absolute atomic E-state index is 12.7. The summed E-state index contributed by atoms with van der Waals surface area (Å²) in [4.78, 5) is 83.3. The van der Waals surface area contributed by atoms with E-state index < -0.39 is 78.6 Å². The van der Waals surface area contributed by atoms with Crippen LogP contribution in [0.5, 0.6) is 0 Å². The maximum atomic E-state index is 12.7. The minimum atomic E-state index is -1.38. The molecule has 210 valence electrons. The number of amides is 5. The number of benzene rings is 1. The summed E-state index contributed by atoms with van der Waals surface area (Å²) >= 11 is 0. The molecule has 14 nitrogen and oxygen atoms in total. The van der Waals surface area contributed by atoms with Crippen LogP contribution in [0.15, 0.2) is 33.5 Å². The van der Waals surface area contributed by atoms with Crippen LogP contribution in [0.25, 0.3) is 11.0 Å². The topological polar surface area (TPSA) is 213 Å². The Labute approximate surface area is 222 Å². The van der Waals surface area contributed by atoms with Gasteiger partial charge in [-0.15, -0.1) is 0 Å². The lowest BCUT2D eigenvalue weighted by Gasteiger charge is -2.22. The molecule has 0 bridgehead atoms. The number of aryl methyl sites for hydroxylation is 1. The molecule has 0 saturated heterocycles. The van der Waals surface area contributed by atoms with Crippen molar-refractivity contribution in [1.29, 1.82) is 0 Å². The van der Waals surface area contributed by atoms with Gasteiger partial charge in [0.15, 0.2) is 0 Å². The highest BCUT2D eigenvalue weighted by Crippen LogP contribution is 2.20. The number of anilines is 1. The zero-order valence-corrected chi connectivity index (χ0v) is 21.9. The third kappa shape index (κ3) is 9.57. The number of carboxylic acid groups (broad SMARTS) is 1. The van der Waals surface area contributed by atoms with E-state index in [0.717, 1.165) is 12.5 Å². The van der Waals surface area contributed by atoms with Crippen molar-refractivity contribution < 1.29 is 38.3 Å². The lowest BCUT2D eigenvalue weighted by molar-refractivity contribution is -0.140. The van der Waals surface area contributed by atoms with Gasteiger partial charge in [-0.25, -0.2) is 4.79 Å². The smallest absolute Gasteiger partial charge is 0.336 e. The summed E-state index contributed by atoms with van der Waals surface area (Å²) in [6.45, 7) is 5.19. The number of fused-ring (bicyclic) bond motifs is 1. The highest BCUT2D eigenvalue weighted by molar-refractivity contribution is 5.98. The highest BCUT2D eigenvalue weighted by atomic mass is 16.4. The fourth-order valence-corrected chi connectivity index (χ4v) is 3.56. The standard InChI is InChI=1S/C25H31N5O9/c1-12(2)23(30-20(33)11-26-24(37)17(9-21(34)35)28-14(4)31)25(38)27-10-19(32)29-15-5-6-16-13(3)7-22(36)39-18(16)8-15/h5-8,12,17,23H,9-11H2,1-4H3,(H,26,37)(H,27,38)(H,28,31)(H,29,32)(H,30,33)(H,34,35)/t17-,23?/m0/s1. The largest absolute Gasteiger partial charge is 0.481 e. The molecule has 1 aromatic heterocycles. The fraction of sp³-hybridized carbons (Fsp3) is 0.400. The van der Waals surface area contributed by atoms with Gasteiger partial charge in [-0.2, -0.15) is 0 Å². The molecule has 2 aromatic rings. The lowest BCUT2D eigenvalue weighted by atomic mass is 10.0. The van der Waals surface area contributed by atoms with E-state index in [9.17, 15) is 33.6 Å². The number of carboxylic acids is 1. The van der Waals surface area contributed by atoms with Crippen molar-refractivity contribution in [3.63, 3.8) is 0 Å². The van der Waals surface area contributed by atoms with Crippen LogP contribution in [0.3, 0.4) is 0 Å². The van der Waals surface area contributed by atoms with E-state index in [1.807, 2.05) is 0 Å². The van der Waals surface area contributed by atoms with Crippen molar-refractivity contribution in [2.24, 2.45) is 5.92 Å². The van der Waals surface area contributed by atoms with Gasteiger partial charge in [0.05, 0.1) is 19.5 Å². The Morgan fingerprint density at radius 2 is 1.56 bits per heavy atom. The number of aliphatic carboxylic acids is 1. The predicted octanol–water partition coefficient (Wildman–Crippen LogP) is -0.607. The zero-order chi connectivity index (χ0) is 29.3. The molecule has 1 unspecified atom stereocenters. The second-order valence-corrected chi connectivity index (χ2v) is 9.08. The van der Waals surface area contributed by atoms with Gasteiger partial charge in [0.1, 0.15) is 17.7 Å². The molecule has 0 aliphatic heterocycles. The van der Waals surface area contributed by atoms with Gasteiger partial charge in [-0.3, -0.25) is 28.8 Å². The molecule has 0 saturated carbocycles. The van der Waals surface area contributed by atoms with Crippen LogP contribution in [0, 0.1) is 12.8 Å². The quantitative estimate of drug-likeness (QED) is 0.187. The van der Waals surface area contributed by atoms with Crippen LogP contribution in [0.4, 0.5) is 5.69 Å². The molecule has 0 aliphatic carbocycles. The van der Waals surface area contributed by atoms with Gasteiger partial charge in [0.2, 0.25) is 29.5 Å². The van der Waals surface area contributed by atoms with Crippen molar-refractivity contribution in [3.05, 3.63) is 40.2 Å². The van der Waals surface area contributed by atoms with Crippen LogP contribution in [-0.4, -0.2) is 65.8 Å². The molecule has 0 spiro atoms. The molecule has 2 atom stereocenters. The summed E-state index contributed by atoms with van der Waals surface area (Å²) in [5, 5.41) is 21.5. The second-order valence-electron chi connectivity index (χ2n) is 9.08. The number of nitrogens with one attached hydrogen (secondary N) is 5. The Hall–Kier alpha value is -4.75. The van der Waals surface area contributed by atoms with Crippen LogP contribution < -0.4 is 32.2 Å². The summed E-state index contributed by atoms with van der Waals surface area (Å²) in [6, 6.07) is 3.72. The molecule has 1 aromatic carbocycles. The summed E-state index contributed by atoms with van der Waals surface area (Å²) in [5.74, 6) is -5.18. The maximum Gasteiger partial charge on any atom is 0.336 e. The molecule has 0 aliphatic rings. The first-order valence-corrected chi connectivity index (χ1v) is 11.9. The molecule has 0 radical (unpaired) electrons.